The number of nitrogens with one attached hydrogen (secondary N) is 1. The number of nitrogens with zero attached hydrogens (tertiary/aromatic N) is 4. The first kappa shape index (κ1) is 18.6. The maximum absolute atomic E-state index is 10.8. The van der Waals surface area contributed by atoms with Gasteiger partial charge in [-0.2, -0.15) is 0 Å². The van der Waals surface area contributed by atoms with E-state index in [2.05, 4.69) is 44.1 Å². The van der Waals surface area contributed by atoms with Crippen molar-refractivity contribution in [2.75, 3.05) is 5.32 Å². The molecule has 1 atom stereocenters. The van der Waals surface area contributed by atoms with Gasteiger partial charge in [0, 0.05) is 48.6 Å². The van der Waals surface area contributed by atoms with Gasteiger partial charge in [0.05, 0.1) is 10.6 Å². The molecule has 0 radical (unpaired) electrons. The number of hydrogen-bond acceptors (Lipinski definition) is 5. The van der Waals surface area contributed by atoms with Crippen LogP contribution in [0.15, 0.2) is 60.8 Å². The molecule has 0 fully saturated rings. The minimum absolute atomic E-state index is 0.0618. The number of nitro groups is 1. The third-order valence-electron chi connectivity index (χ3n) is 4.99. The zero-order valence-corrected chi connectivity index (χ0v) is 16.5. The molecular weight excluding hydrogens is 366 g/mol. The molecule has 0 unspecified atom stereocenters. The van der Waals surface area contributed by atoms with Crippen molar-refractivity contribution >= 4 is 22.4 Å². The van der Waals surface area contributed by atoms with Crippen molar-refractivity contribution in [3.63, 3.8) is 0 Å². The van der Waals surface area contributed by atoms with Gasteiger partial charge in [-0.05, 0) is 36.9 Å². The van der Waals surface area contributed by atoms with E-state index in [1.54, 1.807) is 12.1 Å². The fraction of sp³-hybridized carbons (Fsp3) is 0.182. The Kier molecular flexibility index (Phi) is 4.72. The van der Waals surface area contributed by atoms with E-state index < -0.39 is 4.92 Å². The lowest BCUT2D eigenvalue weighted by Crippen LogP contribution is -2.09. The Labute approximate surface area is 168 Å². The number of non-ortho nitro benzene ring substituents is 1. The number of nitro benzene ring substituents is 1. The van der Waals surface area contributed by atoms with Crippen LogP contribution in [-0.2, 0) is 7.05 Å². The summed E-state index contributed by atoms with van der Waals surface area (Å²) >= 11 is 0. The molecule has 0 saturated heterocycles. The van der Waals surface area contributed by atoms with Crippen molar-refractivity contribution in [3.05, 3.63) is 82.3 Å². The van der Waals surface area contributed by atoms with E-state index in [1.807, 2.05) is 33.2 Å². The second kappa shape index (κ2) is 7.35. The predicted molar refractivity (Wildman–Crippen MR) is 114 cm³/mol. The number of benzene rings is 2. The van der Waals surface area contributed by atoms with Crippen molar-refractivity contribution in [3.8, 4) is 11.3 Å². The fourth-order valence-electron chi connectivity index (χ4n) is 3.40. The van der Waals surface area contributed by atoms with Crippen LogP contribution in [-0.4, -0.2) is 19.5 Å². The summed E-state index contributed by atoms with van der Waals surface area (Å²) < 4.78 is 2.09. The van der Waals surface area contributed by atoms with Gasteiger partial charge >= 0.3 is 0 Å². The summed E-state index contributed by atoms with van der Waals surface area (Å²) in [6.07, 6.45) is 2.04. The minimum atomic E-state index is -0.397. The van der Waals surface area contributed by atoms with Crippen molar-refractivity contribution in [2.24, 2.45) is 7.05 Å². The average Bonchev–Trinajstić information content (AvgIpc) is 3.08. The van der Waals surface area contributed by atoms with Gasteiger partial charge in [-0.25, -0.2) is 9.97 Å². The molecule has 0 saturated carbocycles. The van der Waals surface area contributed by atoms with Crippen LogP contribution >= 0.6 is 0 Å². The molecule has 2 aromatic carbocycles. The average molecular weight is 387 g/mol. The van der Waals surface area contributed by atoms with E-state index in [1.165, 1.54) is 17.5 Å². The topological polar surface area (TPSA) is 85.9 Å². The number of anilines is 1. The molecule has 4 aromatic rings. The van der Waals surface area contributed by atoms with Crippen LogP contribution in [0.2, 0.25) is 0 Å². The summed E-state index contributed by atoms with van der Waals surface area (Å²) in [5.41, 5.74) is 4.04. The molecule has 4 rings (SSSR count). The van der Waals surface area contributed by atoms with Gasteiger partial charge < -0.3 is 9.88 Å². The van der Waals surface area contributed by atoms with Gasteiger partial charge in [-0.3, -0.25) is 10.1 Å². The highest BCUT2D eigenvalue weighted by atomic mass is 16.6. The Morgan fingerprint density at radius 3 is 2.55 bits per heavy atom. The van der Waals surface area contributed by atoms with Gasteiger partial charge in [-0.15, -0.1) is 0 Å². The summed E-state index contributed by atoms with van der Waals surface area (Å²) in [5.74, 6) is 1.39. The molecule has 0 aliphatic rings. The first-order valence-electron chi connectivity index (χ1n) is 9.33. The van der Waals surface area contributed by atoms with Crippen LogP contribution in [0.25, 0.3) is 22.2 Å². The first-order chi connectivity index (χ1) is 13.9. The normalized spacial score (nSPS) is 12.1. The van der Waals surface area contributed by atoms with Crippen molar-refractivity contribution < 1.29 is 4.92 Å². The van der Waals surface area contributed by atoms with Crippen LogP contribution in [0.3, 0.4) is 0 Å². The highest BCUT2D eigenvalue weighted by molar-refractivity contribution is 5.85. The summed E-state index contributed by atoms with van der Waals surface area (Å²) in [7, 11) is 2.02. The smallest absolute Gasteiger partial charge is 0.269 e. The van der Waals surface area contributed by atoms with E-state index in [0.29, 0.717) is 11.6 Å². The molecule has 2 aromatic heterocycles. The van der Waals surface area contributed by atoms with Crippen molar-refractivity contribution in [1.29, 1.82) is 0 Å². The van der Waals surface area contributed by atoms with Gasteiger partial charge in [0.2, 0.25) is 0 Å². The molecule has 7 heteroatoms. The Morgan fingerprint density at radius 1 is 1.07 bits per heavy atom. The van der Waals surface area contributed by atoms with E-state index >= 15 is 0 Å². The first-order valence-corrected chi connectivity index (χ1v) is 9.33. The zero-order chi connectivity index (χ0) is 20.5. The van der Waals surface area contributed by atoms with Crippen LogP contribution in [0.4, 0.5) is 11.5 Å². The number of aryl methyl sites for hydroxylation is 2. The fourth-order valence-corrected chi connectivity index (χ4v) is 3.40. The van der Waals surface area contributed by atoms with Crippen molar-refractivity contribution in [2.45, 2.75) is 19.9 Å². The summed E-state index contributed by atoms with van der Waals surface area (Å²) in [4.78, 5) is 19.5. The molecule has 2 heterocycles. The molecule has 0 amide bonds. The number of aromatic nitrogens is 3. The summed E-state index contributed by atoms with van der Waals surface area (Å²) in [6.45, 7) is 3.86. The van der Waals surface area contributed by atoms with E-state index in [-0.39, 0.29) is 11.7 Å². The number of hydrogen-bond donors (Lipinski definition) is 1. The lowest BCUT2D eigenvalue weighted by molar-refractivity contribution is -0.384. The second-order valence-corrected chi connectivity index (χ2v) is 7.10. The van der Waals surface area contributed by atoms with Crippen LogP contribution < -0.4 is 5.32 Å². The third kappa shape index (κ3) is 3.80. The van der Waals surface area contributed by atoms with E-state index in [4.69, 9.17) is 0 Å². The molecule has 0 spiro atoms. The maximum Gasteiger partial charge on any atom is 0.269 e. The molecule has 0 aliphatic carbocycles. The van der Waals surface area contributed by atoms with Crippen LogP contribution in [0.5, 0.6) is 0 Å². The summed E-state index contributed by atoms with van der Waals surface area (Å²) in [6, 6.07) is 16.8. The van der Waals surface area contributed by atoms with E-state index in [9.17, 15) is 10.1 Å². The molecular formula is C22H21N5O2. The van der Waals surface area contributed by atoms with Gasteiger partial charge in [0.25, 0.3) is 5.69 Å². The Balaban J connectivity index is 1.62. The highest BCUT2D eigenvalue weighted by Gasteiger charge is 2.12. The van der Waals surface area contributed by atoms with Gasteiger partial charge in [0.15, 0.2) is 0 Å². The number of rotatable bonds is 5. The second-order valence-electron chi connectivity index (χ2n) is 7.10. The van der Waals surface area contributed by atoms with E-state index in [0.717, 1.165) is 22.3 Å². The standard InChI is InChI=1S/C22H21N5O2/c1-14(16-6-8-19(9-7-16)27(28)29)23-22-13-20(24-15(2)25-22)18-5-4-17-10-11-26(3)21(17)12-18/h4-14H,1-3H3,(H,23,24,25)/t14-/m0/s1. The quantitative estimate of drug-likeness (QED) is 0.384. The minimum Gasteiger partial charge on any atom is -0.363 e. The van der Waals surface area contributed by atoms with Gasteiger partial charge in [0.1, 0.15) is 11.6 Å². The lowest BCUT2D eigenvalue weighted by Gasteiger charge is -2.16. The highest BCUT2D eigenvalue weighted by Crippen LogP contribution is 2.27. The molecule has 146 valence electrons. The number of fused-ring (bicyclic) bond motifs is 1. The Morgan fingerprint density at radius 2 is 1.83 bits per heavy atom. The van der Waals surface area contributed by atoms with Gasteiger partial charge in [-0.1, -0.05) is 24.3 Å². The molecule has 7 nitrogen and oxygen atoms in total. The SMILES string of the molecule is Cc1nc(N[C@@H](C)c2ccc([N+](=O)[O-])cc2)cc(-c2ccc3ccn(C)c3c2)n1. The van der Waals surface area contributed by atoms with Crippen LogP contribution in [0.1, 0.15) is 24.4 Å². The Bertz CT molecular complexity index is 1200. The predicted octanol–water partition coefficient (Wildman–Crippen LogP) is 5.03. The molecule has 29 heavy (non-hydrogen) atoms. The lowest BCUT2D eigenvalue weighted by atomic mass is 10.1. The molecule has 1 N–H and O–H groups in total. The molecule has 0 bridgehead atoms. The maximum atomic E-state index is 10.8. The summed E-state index contributed by atoms with van der Waals surface area (Å²) in [5, 5.41) is 15.4. The Hall–Kier alpha value is -3.74. The molecule has 0 aliphatic heterocycles. The van der Waals surface area contributed by atoms with Crippen LogP contribution in [0, 0.1) is 17.0 Å². The zero-order valence-electron chi connectivity index (χ0n) is 16.5. The van der Waals surface area contributed by atoms with Crippen molar-refractivity contribution in [1.82, 2.24) is 14.5 Å². The largest absolute Gasteiger partial charge is 0.363 e. The third-order valence-corrected chi connectivity index (χ3v) is 4.99. The monoisotopic (exact) mass is 387 g/mol.